The maximum atomic E-state index is 11.6. The second-order valence-electron chi connectivity index (χ2n) is 5.23. The van der Waals surface area contributed by atoms with Crippen LogP contribution in [0.3, 0.4) is 0 Å². The molecule has 1 rings (SSSR count). The van der Waals surface area contributed by atoms with Gasteiger partial charge >= 0.3 is 6.09 Å². The molecule has 0 aliphatic heterocycles. The molecule has 0 saturated carbocycles. The number of ether oxygens (including phenoxy) is 1. The third-order valence-corrected chi connectivity index (χ3v) is 2.62. The quantitative estimate of drug-likeness (QED) is 0.832. The number of nitrogens with zero attached hydrogens (tertiary/aromatic N) is 1. The van der Waals surface area contributed by atoms with Crippen molar-refractivity contribution in [1.82, 2.24) is 10.3 Å². The molecule has 0 saturated heterocycles. The average molecular weight is 286 g/mol. The van der Waals surface area contributed by atoms with Crippen molar-refractivity contribution in [3.05, 3.63) is 29.0 Å². The SMILES string of the molecule is CC(C)(C)OC(=O)NCC(CN)c1ccc(Cl)nc1. The van der Waals surface area contributed by atoms with Crippen LogP contribution in [-0.4, -0.2) is 29.8 Å². The first-order valence-electron chi connectivity index (χ1n) is 6.10. The summed E-state index contributed by atoms with van der Waals surface area (Å²) in [5.74, 6) is -0.0164. The van der Waals surface area contributed by atoms with E-state index in [2.05, 4.69) is 10.3 Å². The van der Waals surface area contributed by atoms with Gasteiger partial charge in [-0.25, -0.2) is 9.78 Å². The summed E-state index contributed by atoms with van der Waals surface area (Å²) in [4.78, 5) is 15.6. The molecular formula is C13H20ClN3O2. The van der Waals surface area contributed by atoms with Crippen LogP contribution in [0, 0.1) is 0 Å². The van der Waals surface area contributed by atoms with Crippen molar-refractivity contribution in [1.29, 1.82) is 0 Å². The monoisotopic (exact) mass is 285 g/mol. The molecule has 0 aliphatic rings. The molecule has 0 aliphatic carbocycles. The summed E-state index contributed by atoms with van der Waals surface area (Å²) in [6.45, 7) is 6.25. The Morgan fingerprint density at radius 1 is 1.53 bits per heavy atom. The number of alkyl carbamates (subject to hydrolysis) is 1. The van der Waals surface area contributed by atoms with Gasteiger partial charge in [0.1, 0.15) is 10.8 Å². The van der Waals surface area contributed by atoms with E-state index in [1.807, 2.05) is 26.8 Å². The van der Waals surface area contributed by atoms with E-state index in [9.17, 15) is 4.79 Å². The summed E-state index contributed by atoms with van der Waals surface area (Å²) in [5.41, 5.74) is 6.13. The number of nitrogens with two attached hydrogens (primary N) is 1. The maximum Gasteiger partial charge on any atom is 0.407 e. The Kier molecular flexibility index (Phi) is 5.57. The number of hydrogen-bond donors (Lipinski definition) is 2. The van der Waals surface area contributed by atoms with E-state index in [-0.39, 0.29) is 5.92 Å². The predicted octanol–water partition coefficient (Wildman–Crippen LogP) is 2.30. The molecule has 0 bridgehead atoms. The fourth-order valence-electron chi connectivity index (χ4n) is 1.49. The second-order valence-corrected chi connectivity index (χ2v) is 5.62. The molecule has 0 spiro atoms. The first-order chi connectivity index (χ1) is 8.81. The van der Waals surface area contributed by atoms with Crippen molar-refractivity contribution in [3.63, 3.8) is 0 Å². The Morgan fingerprint density at radius 3 is 2.68 bits per heavy atom. The zero-order chi connectivity index (χ0) is 14.5. The molecular weight excluding hydrogens is 266 g/mol. The van der Waals surface area contributed by atoms with E-state index in [1.165, 1.54) is 0 Å². The smallest absolute Gasteiger partial charge is 0.407 e. The van der Waals surface area contributed by atoms with Gasteiger partial charge in [0.25, 0.3) is 0 Å². The molecule has 1 amide bonds. The number of rotatable bonds is 4. The van der Waals surface area contributed by atoms with Gasteiger partial charge in [0, 0.05) is 25.2 Å². The summed E-state index contributed by atoms with van der Waals surface area (Å²) in [5, 5.41) is 3.13. The van der Waals surface area contributed by atoms with Crippen molar-refractivity contribution in [3.8, 4) is 0 Å². The number of halogens is 1. The molecule has 1 heterocycles. The van der Waals surface area contributed by atoms with Gasteiger partial charge in [-0.3, -0.25) is 0 Å². The first kappa shape index (κ1) is 15.7. The molecule has 3 N–H and O–H groups in total. The molecule has 6 heteroatoms. The summed E-state index contributed by atoms with van der Waals surface area (Å²) in [6.07, 6.45) is 1.21. The van der Waals surface area contributed by atoms with Gasteiger partial charge < -0.3 is 15.8 Å². The summed E-state index contributed by atoms with van der Waals surface area (Å²) in [6, 6.07) is 3.55. The minimum absolute atomic E-state index is 0.0164. The molecule has 1 aromatic heterocycles. The molecule has 1 atom stereocenters. The number of nitrogens with one attached hydrogen (secondary N) is 1. The summed E-state index contributed by atoms with van der Waals surface area (Å²) < 4.78 is 5.16. The first-order valence-corrected chi connectivity index (χ1v) is 6.48. The Bertz CT molecular complexity index is 415. The minimum atomic E-state index is -0.510. The molecule has 5 nitrogen and oxygen atoms in total. The molecule has 0 aromatic carbocycles. The largest absolute Gasteiger partial charge is 0.444 e. The van der Waals surface area contributed by atoms with Gasteiger partial charge in [-0.2, -0.15) is 0 Å². The normalized spacial score (nSPS) is 12.9. The van der Waals surface area contributed by atoms with E-state index in [0.717, 1.165) is 5.56 Å². The zero-order valence-corrected chi connectivity index (χ0v) is 12.2. The number of amides is 1. The fourth-order valence-corrected chi connectivity index (χ4v) is 1.60. The lowest BCUT2D eigenvalue weighted by molar-refractivity contribution is 0.0525. The Hall–Kier alpha value is -1.33. The number of carbonyl (C=O) groups excluding carboxylic acids is 1. The lowest BCUT2D eigenvalue weighted by Crippen LogP contribution is -2.36. The second kappa shape index (κ2) is 6.73. The number of aromatic nitrogens is 1. The molecule has 0 radical (unpaired) electrons. The third kappa shape index (κ3) is 5.89. The van der Waals surface area contributed by atoms with Crippen LogP contribution in [-0.2, 0) is 4.74 Å². The Labute approximate surface area is 118 Å². The van der Waals surface area contributed by atoms with Gasteiger partial charge in [-0.15, -0.1) is 0 Å². The van der Waals surface area contributed by atoms with Gasteiger partial charge in [-0.05, 0) is 32.4 Å². The highest BCUT2D eigenvalue weighted by Crippen LogP contribution is 2.15. The number of carbonyl (C=O) groups is 1. The zero-order valence-electron chi connectivity index (χ0n) is 11.4. The topological polar surface area (TPSA) is 77.2 Å². The van der Waals surface area contributed by atoms with Gasteiger partial charge in [0.15, 0.2) is 0 Å². The minimum Gasteiger partial charge on any atom is -0.444 e. The van der Waals surface area contributed by atoms with Crippen molar-refractivity contribution >= 4 is 17.7 Å². The molecule has 1 unspecified atom stereocenters. The predicted molar refractivity (Wildman–Crippen MR) is 75.3 cm³/mol. The van der Waals surface area contributed by atoms with E-state index < -0.39 is 11.7 Å². The lowest BCUT2D eigenvalue weighted by Gasteiger charge is -2.21. The maximum absolute atomic E-state index is 11.6. The van der Waals surface area contributed by atoms with Crippen molar-refractivity contribution in [2.24, 2.45) is 5.73 Å². The van der Waals surface area contributed by atoms with Gasteiger partial charge in [0.2, 0.25) is 0 Å². The molecule has 19 heavy (non-hydrogen) atoms. The van der Waals surface area contributed by atoms with Crippen LogP contribution in [0.1, 0.15) is 32.3 Å². The average Bonchev–Trinajstić information content (AvgIpc) is 2.29. The van der Waals surface area contributed by atoms with Crippen LogP contribution < -0.4 is 11.1 Å². The number of pyridine rings is 1. The third-order valence-electron chi connectivity index (χ3n) is 2.40. The van der Waals surface area contributed by atoms with Gasteiger partial charge in [0.05, 0.1) is 0 Å². The summed E-state index contributed by atoms with van der Waals surface area (Å²) >= 11 is 5.73. The van der Waals surface area contributed by atoms with Crippen molar-refractivity contribution in [2.75, 3.05) is 13.1 Å². The highest BCUT2D eigenvalue weighted by Gasteiger charge is 2.17. The highest BCUT2D eigenvalue weighted by atomic mass is 35.5. The van der Waals surface area contributed by atoms with Crippen LogP contribution in [0.5, 0.6) is 0 Å². The highest BCUT2D eigenvalue weighted by molar-refractivity contribution is 6.29. The Morgan fingerprint density at radius 2 is 2.21 bits per heavy atom. The fraction of sp³-hybridized carbons (Fsp3) is 0.538. The van der Waals surface area contributed by atoms with Crippen LogP contribution in [0.25, 0.3) is 0 Å². The number of hydrogen-bond acceptors (Lipinski definition) is 4. The van der Waals surface area contributed by atoms with Crippen LogP contribution in [0.4, 0.5) is 4.79 Å². The van der Waals surface area contributed by atoms with E-state index >= 15 is 0 Å². The molecule has 0 fully saturated rings. The van der Waals surface area contributed by atoms with Crippen LogP contribution in [0.15, 0.2) is 18.3 Å². The van der Waals surface area contributed by atoms with Crippen LogP contribution >= 0.6 is 11.6 Å². The summed E-state index contributed by atoms with van der Waals surface area (Å²) in [7, 11) is 0. The molecule has 1 aromatic rings. The standard InChI is InChI=1S/C13H20ClN3O2/c1-13(2,3)19-12(18)17-8-10(6-15)9-4-5-11(14)16-7-9/h4-5,7,10H,6,8,15H2,1-3H3,(H,17,18). The Balaban J connectivity index is 2.54. The van der Waals surface area contributed by atoms with Crippen molar-refractivity contribution < 1.29 is 9.53 Å². The van der Waals surface area contributed by atoms with E-state index in [1.54, 1.807) is 12.3 Å². The van der Waals surface area contributed by atoms with Crippen LogP contribution in [0.2, 0.25) is 5.15 Å². The van der Waals surface area contributed by atoms with Gasteiger partial charge in [-0.1, -0.05) is 17.7 Å². The van der Waals surface area contributed by atoms with E-state index in [4.69, 9.17) is 22.1 Å². The molecule has 106 valence electrons. The van der Waals surface area contributed by atoms with Crippen molar-refractivity contribution in [2.45, 2.75) is 32.3 Å². The lowest BCUT2D eigenvalue weighted by atomic mass is 10.0. The van der Waals surface area contributed by atoms with E-state index in [0.29, 0.717) is 18.2 Å².